The average Bonchev–Trinajstić information content (AvgIpc) is 2.64. The van der Waals surface area contributed by atoms with Crippen LogP contribution in [0.1, 0.15) is 29.2 Å². The SMILES string of the molecule is CC(/C=N/N1CCN(Cc2ccc(C)cc2C)CC1)=C\c1ccccc1. The minimum Gasteiger partial charge on any atom is -0.295 e. The van der Waals surface area contributed by atoms with Crippen LogP contribution in [0.2, 0.25) is 0 Å². The van der Waals surface area contributed by atoms with Crippen molar-refractivity contribution in [2.75, 3.05) is 26.2 Å². The lowest BCUT2D eigenvalue weighted by Gasteiger charge is -2.33. The molecule has 0 bridgehead atoms. The molecule has 26 heavy (non-hydrogen) atoms. The standard InChI is InChI=1S/C23H29N3/c1-19-9-10-23(21(3)15-19)18-25-11-13-26(14-12-25)24-17-20(2)16-22-7-5-4-6-8-22/h4-10,15-17H,11-14,18H2,1-3H3/b20-16+,24-17+. The van der Waals surface area contributed by atoms with Gasteiger partial charge in [-0.1, -0.05) is 60.2 Å². The van der Waals surface area contributed by atoms with Gasteiger partial charge in [0, 0.05) is 38.9 Å². The maximum Gasteiger partial charge on any atom is 0.0499 e. The number of hydrogen-bond donors (Lipinski definition) is 0. The van der Waals surface area contributed by atoms with Crippen LogP contribution in [0.4, 0.5) is 0 Å². The maximum absolute atomic E-state index is 4.66. The largest absolute Gasteiger partial charge is 0.295 e. The summed E-state index contributed by atoms with van der Waals surface area (Å²) in [5.74, 6) is 0. The van der Waals surface area contributed by atoms with Crippen molar-refractivity contribution in [2.24, 2.45) is 5.10 Å². The van der Waals surface area contributed by atoms with Crippen molar-refractivity contribution < 1.29 is 0 Å². The summed E-state index contributed by atoms with van der Waals surface area (Å²) in [5, 5.41) is 6.84. The fraction of sp³-hybridized carbons (Fsp3) is 0.348. The van der Waals surface area contributed by atoms with E-state index in [-0.39, 0.29) is 0 Å². The second-order valence-corrected chi connectivity index (χ2v) is 7.20. The van der Waals surface area contributed by atoms with Gasteiger partial charge in [0.2, 0.25) is 0 Å². The van der Waals surface area contributed by atoms with E-state index < -0.39 is 0 Å². The summed E-state index contributed by atoms with van der Waals surface area (Å²) in [5.41, 5.74) is 6.56. The minimum absolute atomic E-state index is 0.986. The van der Waals surface area contributed by atoms with Crippen LogP contribution in [0, 0.1) is 13.8 Å². The van der Waals surface area contributed by atoms with E-state index in [1.54, 1.807) is 0 Å². The van der Waals surface area contributed by atoms with Gasteiger partial charge < -0.3 is 0 Å². The van der Waals surface area contributed by atoms with Gasteiger partial charge in [0.1, 0.15) is 0 Å². The molecule has 0 unspecified atom stereocenters. The monoisotopic (exact) mass is 347 g/mol. The van der Waals surface area contributed by atoms with Gasteiger partial charge in [0.05, 0.1) is 0 Å². The molecule has 1 heterocycles. The highest BCUT2D eigenvalue weighted by atomic mass is 15.5. The molecule has 0 aromatic heterocycles. The summed E-state index contributed by atoms with van der Waals surface area (Å²) < 4.78 is 0. The summed E-state index contributed by atoms with van der Waals surface area (Å²) in [4.78, 5) is 2.52. The number of hydrazone groups is 1. The molecule has 3 nitrogen and oxygen atoms in total. The molecule has 0 spiro atoms. The molecule has 0 atom stereocenters. The average molecular weight is 348 g/mol. The minimum atomic E-state index is 0.986. The van der Waals surface area contributed by atoms with Gasteiger partial charge in [-0.3, -0.25) is 9.91 Å². The number of allylic oxidation sites excluding steroid dienone is 1. The third kappa shape index (κ3) is 5.30. The fourth-order valence-corrected chi connectivity index (χ4v) is 3.30. The van der Waals surface area contributed by atoms with Crippen molar-refractivity contribution in [3.8, 4) is 0 Å². The van der Waals surface area contributed by atoms with Gasteiger partial charge in [-0.05, 0) is 43.0 Å². The van der Waals surface area contributed by atoms with E-state index in [1.165, 1.54) is 27.8 Å². The van der Waals surface area contributed by atoms with Crippen molar-refractivity contribution >= 4 is 12.3 Å². The number of rotatable bonds is 5. The zero-order chi connectivity index (χ0) is 18.4. The van der Waals surface area contributed by atoms with Crippen LogP contribution in [-0.4, -0.2) is 42.3 Å². The molecule has 3 heteroatoms. The van der Waals surface area contributed by atoms with E-state index in [1.807, 2.05) is 12.3 Å². The third-order valence-electron chi connectivity index (χ3n) is 4.86. The third-order valence-corrected chi connectivity index (χ3v) is 4.86. The summed E-state index contributed by atoms with van der Waals surface area (Å²) in [6.07, 6.45) is 4.15. The molecule has 0 saturated carbocycles. The highest BCUT2D eigenvalue weighted by Gasteiger charge is 2.16. The van der Waals surface area contributed by atoms with Crippen LogP contribution < -0.4 is 0 Å². The summed E-state index contributed by atoms with van der Waals surface area (Å²) in [7, 11) is 0. The first-order valence-corrected chi connectivity index (χ1v) is 9.41. The molecule has 136 valence electrons. The Kier molecular flexibility index (Phi) is 6.24. The molecule has 2 aromatic rings. The van der Waals surface area contributed by atoms with Crippen LogP contribution in [0.25, 0.3) is 6.08 Å². The molecule has 0 N–H and O–H groups in total. The van der Waals surface area contributed by atoms with Gasteiger partial charge in [0.25, 0.3) is 0 Å². The highest BCUT2D eigenvalue weighted by molar-refractivity contribution is 5.84. The van der Waals surface area contributed by atoms with E-state index in [0.29, 0.717) is 0 Å². The quantitative estimate of drug-likeness (QED) is 0.741. The molecule has 1 fully saturated rings. The van der Waals surface area contributed by atoms with Crippen molar-refractivity contribution in [2.45, 2.75) is 27.3 Å². The first kappa shape index (κ1) is 18.4. The molecule has 1 saturated heterocycles. The van der Waals surface area contributed by atoms with E-state index in [0.717, 1.165) is 32.7 Å². The molecule has 3 rings (SSSR count). The van der Waals surface area contributed by atoms with Gasteiger partial charge in [-0.2, -0.15) is 5.10 Å². The van der Waals surface area contributed by atoms with Crippen LogP contribution in [0.3, 0.4) is 0 Å². The molecule has 1 aliphatic rings. The van der Waals surface area contributed by atoms with Gasteiger partial charge in [-0.25, -0.2) is 0 Å². The zero-order valence-corrected chi connectivity index (χ0v) is 16.2. The number of piperazine rings is 1. The molecular weight excluding hydrogens is 318 g/mol. The Balaban J connectivity index is 1.50. The molecule has 1 aliphatic heterocycles. The molecule has 0 aliphatic carbocycles. The number of nitrogens with zero attached hydrogens (tertiary/aromatic N) is 3. The number of hydrogen-bond acceptors (Lipinski definition) is 3. The Hall–Kier alpha value is -2.39. The molecule has 0 amide bonds. The molecule has 2 aromatic carbocycles. The predicted octanol–water partition coefficient (Wildman–Crippen LogP) is 4.51. The Morgan fingerprint density at radius 1 is 1.00 bits per heavy atom. The van der Waals surface area contributed by atoms with Gasteiger partial charge in [-0.15, -0.1) is 0 Å². The van der Waals surface area contributed by atoms with Crippen molar-refractivity contribution in [1.82, 2.24) is 9.91 Å². The van der Waals surface area contributed by atoms with Crippen molar-refractivity contribution in [3.63, 3.8) is 0 Å². The van der Waals surface area contributed by atoms with Gasteiger partial charge >= 0.3 is 0 Å². The predicted molar refractivity (Wildman–Crippen MR) is 111 cm³/mol. The lowest BCUT2D eigenvalue weighted by atomic mass is 10.1. The zero-order valence-electron chi connectivity index (χ0n) is 16.2. The lowest BCUT2D eigenvalue weighted by molar-refractivity contribution is 0.131. The Labute approximate surface area is 157 Å². The van der Waals surface area contributed by atoms with E-state index in [9.17, 15) is 0 Å². The summed E-state index contributed by atoms with van der Waals surface area (Å²) in [6.45, 7) is 11.6. The fourth-order valence-electron chi connectivity index (χ4n) is 3.30. The van der Waals surface area contributed by atoms with Gasteiger partial charge in [0.15, 0.2) is 0 Å². The summed E-state index contributed by atoms with van der Waals surface area (Å²) in [6, 6.07) is 17.1. The highest BCUT2D eigenvalue weighted by Crippen LogP contribution is 2.14. The molecular formula is C23H29N3. The Bertz CT molecular complexity index is 769. The Morgan fingerprint density at radius 2 is 1.73 bits per heavy atom. The first-order chi connectivity index (χ1) is 12.6. The number of benzene rings is 2. The normalized spacial score (nSPS) is 16.4. The van der Waals surface area contributed by atoms with Crippen molar-refractivity contribution in [3.05, 3.63) is 76.4 Å². The van der Waals surface area contributed by atoms with Crippen LogP contribution in [0.15, 0.2) is 59.2 Å². The topological polar surface area (TPSA) is 18.8 Å². The van der Waals surface area contributed by atoms with Crippen LogP contribution in [0.5, 0.6) is 0 Å². The summed E-state index contributed by atoms with van der Waals surface area (Å²) >= 11 is 0. The van der Waals surface area contributed by atoms with Crippen molar-refractivity contribution in [1.29, 1.82) is 0 Å². The van der Waals surface area contributed by atoms with Crippen LogP contribution >= 0.6 is 0 Å². The van der Waals surface area contributed by atoms with E-state index in [2.05, 4.69) is 84.3 Å². The van der Waals surface area contributed by atoms with Crippen LogP contribution in [-0.2, 0) is 6.54 Å². The lowest BCUT2D eigenvalue weighted by Crippen LogP contribution is -2.43. The molecule has 0 radical (unpaired) electrons. The first-order valence-electron chi connectivity index (χ1n) is 9.41. The second kappa shape index (κ2) is 8.81. The number of aryl methyl sites for hydroxylation is 2. The Morgan fingerprint density at radius 3 is 2.42 bits per heavy atom. The second-order valence-electron chi connectivity index (χ2n) is 7.20. The van der Waals surface area contributed by atoms with E-state index in [4.69, 9.17) is 0 Å². The van der Waals surface area contributed by atoms with E-state index >= 15 is 0 Å². The smallest absolute Gasteiger partial charge is 0.0499 e. The maximum atomic E-state index is 4.66.